The molecular weight excluding hydrogens is 339 g/mol. The molecule has 0 saturated carbocycles. The van der Waals surface area contributed by atoms with Crippen molar-refractivity contribution >= 4 is 31.1 Å². The maximum atomic E-state index is 12.0. The summed E-state index contributed by atoms with van der Waals surface area (Å²) in [7, 11) is 5.21. The molecule has 2 N–H and O–H groups in total. The van der Waals surface area contributed by atoms with E-state index in [4.69, 9.17) is 12.6 Å². The fraction of sp³-hybridized carbons (Fsp3) is 0.238. The highest BCUT2D eigenvalue weighted by molar-refractivity contribution is 6.60. The summed E-state index contributed by atoms with van der Waals surface area (Å²) in [4.78, 5) is 23.2. The molecule has 1 atom stereocenters. The zero-order valence-electron chi connectivity index (χ0n) is 15.6. The Labute approximate surface area is 160 Å². The molecular formula is C21H21BN2O3. The van der Waals surface area contributed by atoms with E-state index in [1.807, 2.05) is 63.2 Å². The van der Waals surface area contributed by atoms with Crippen LogP contribution in [0.5, 0.6) is 0 Å². The lowest BCUT2D eigenvalue weighted by atomic mass is 9.96. The van der Waals surface area contributed by atoms with E-state index in [0.29, 0.717) is 11.4 Å². The number of carbonyl (C=O) groups excluding carboxylic acids is 2. The van der Waals surface area contributed by atoms with E-state index in [0.717, 1.165) is 22.3 Å². The normalized spacial score (nSPS) is 14.7. The summed E-state index contributed by atoms with van der Waals surface area (Å²) in [6.45, 7) is 9.40. The van der Waals surface area contributed by atoms with Crippen LogP contribution in [-0.4, -0.2) is 25.3 Å². The molecule has 0 saturated heterocycles. The number of anilines is 2. The van der Waals surface area contributed by atoms with E-state index >= 15 is 0 Å². The first-order chi connectivity index (χ1) is 12.7. The van der Waals surface area contributed by atoms with Crippen LogP contribution in [0.4, 0.5) is 21.0 Å². The Morgan fingerprint density at radius 3 is 2.00 bits per heavy atom. The number of rotatable bonds is 3. The van der Waals surface area contributed by atoms with Gasteiger partial charge in [-0.25, -0.2) is 4.79 Å². The highest BCUT2D eigenvalue weighted by atomic mass is 16.6. The van der Waals surface area contributed by atoms with Gasteiger partial charge in [0.2, 0.25) is 7.85 Å². The second-order valence-corrected chi connectivity index (χ2v) is 7.43. The van der Waals surface area contributed by atoms with Crippen LogP contribution < -0.4 is 10.6 Å². The van der Waals surface area contributed by atoms with Gasteiger partial charge in [0.25, 0.3) is 0 Å². The number of ether oxygens (including phenoxy) is 1. The number of carbonyl (C=O) groups is 2. The maximum Gasteiger partial charge on any atom is 0.412 e. The Morgan fingerprint density at radius 2 is 1.56 bits per heavy atom. The minimum absolute atomic E-state index is 0.0509. The van der Waals surface area contributed by atoms with Gasteiger partial charge in [0, 0.05) is 17.3 Å². The summed E-state index contributed by atoms with van der Waals surface area (Å²) < 4.78 is 5.31. The summed E-state index contributed by atoms with van der Waals surface area (Å²) in [5.41, 5.74) is 4.91. The van der Waals surface area contributed by atoms with Crippen molar-refractivity contribution < 1.29 is 14.3 Å². The summed E-state index contributed by atoms with van der Waals surface area (Å²) in [6, 6.07) is 11.4. The lowest BCUT2D eigenvalue weighted by molar-refractivity contribution is 0.0636. The molecule has 2 aromatic rings. The largest absolute Gasteiger partial charge is 0.444 e. The number of nitrogens with one attached hydrogen (secondary N) is 2. The number of amides is 2. The van der Waals surface area contributed by atoms with Crippen LogP contribution in [-0.2, 0) is 4.74 Å². The van der Waals surface area contributed by atoms with Crippen molar-refractivity contribution in [1.29, 1.82) is 0 Å². The van der Waals surface area contributed by atoms with E-state index < -0.39 is 17.5 Å². The molecule has 2 aromatic carbocycles. The Bertz CT molecular complexity index is 932. The summed E-state index contributed by atoms with van der Waals surface area (Å²) in [6.07, 6.45) is 1.34. The summed E-state index contributed by atoms with van der Waals surface area (Å²) >= 11 is 0. The smallest absolute Gasteiger partial charge is 0.412 e. The molecule has 0 heterocycles. The zero-order valence-corrected chi connectivity index (χ0v) is 15.6. The van der Waals surface area contributed by atoms with Crippen molar-refractivity contribution in [3.63, 3.8) is 0 Å². The monoisotopic (exact) mass is 360 g/mol. The van der Waals surface area contributed by atoms with E-state index in [1.54, 1.807) is 0 Å². The molecule has 27 heavy (non-hydrogen) atoms. The lowest BCUT2D eigenvalue weighted by Crippen LogP contribution is -2.27. The number of benzene rings is 2. The fourth-order valence-electron chi connectivity index (χ4n) is 3.27. The van der Waals surface area contributed by atoms with Crippen LogP contribution in [0, 0.1) is 0 Å². The lowest BCUT2D eigenvalue weighted by Gasteiger charge is -2.20. The van der Waals surface area contributed by atoms with Crippen LogP contribution in [0.3, 0.4) is 0 Å². The SMILES string of the molecule is [B]C(=O)Nc1ccc2c(c1)C(C=C)c1cc(NC(=O)OC(C)(C)C)ccc1-2. The van der Waals surface area contributed by atoms with Gasteiger partial charge in [-0.1, -0.05) is 18.2 Å². The summed E-state index contributed by atoms with van der Waals surface area (Å²) in [5.74, 6) is -0.658. The second kappa shape index (κ2) is 6.95. The first kappa shape index (κ1) is 18.8. The van der Waals surface area contributed by atoms with Gasteiger partial charge < -0.3 is 10.1 Å². The molecule has 0 fully saturated rings. The molecule has 0 spiro atoms. The summed E-state index contributed by atoms with van der Waals surface area (Å²) in [5, 5.41) is 5.36. The van der Waals surface area contributed by atoms with Crippen molar-refractivity contribution in [3.05, 3.63) is 60.2 Å². The first-order valence-electron chi connectivity index (χ1n) is 8.65. The average Bonchev–Trinajstić information content (AvgIpc) is 2.84. The number of fused-ring (bicyclic) bond motifs is 3. The van der Waals surface area contributed by atoms with E-state index in [9.17, 15) is 9.59 Å². The minimum atomic E-state index is -0.607. The highest BCUT2D eigenvalue weighted by Gasteiger charge is 2.27. The molecule has 1 aliphatic rings. The molecule has 1 unspecified atom stereocenters. The molecule has 3 rings (SSSR count). The molecule has 6 heteroatoms. The molecule has 0 aliphatic heterocycles. The zero-order chi connectivity index (χ0) is 19.8. The predicted molar refractivity (Wildman–Crippen MR) is 109 cm³/mol. The third-order valence-corrected chi connectivity index (χ3v) is 4.21. The van der Waals surface area contributed by atoms with Gasteiger partial charge in [-0.05, 0) is 67.3 Å². The van der Waals surface area contributed by atoms with Crippen molar-refractivity contribution in [3.8, 4) is 11.1 Å². The van der Waals surface area contributed by atoms with Crippen LogP contribution >= 0.6 is 0 Å². The molecule has 0 aromatic heterocycles. The van der Waals surface area contributed by atoms with Gasteiger partial charge in [0.1, 0.15) is 5.60 Å². The molecule has 136 valence electrons. The molecule has 2 radical (unpaired) electrons. The number of hydrogen-bond donors (Lipinski definition) is 2. The van der Waals surface area contributed by atoms with Crippen molar-refractivity contribution in [2.75, 3.05) is 10.6 Å². The maximum absolute atomic E-state index is 12.0. The number of hydrogen-bond acceptors (Lipinski definition) is 3. The topological polar surface area (TPSA) is 67.4 Å². The average molecular weight is 360 g/mol. The minimum Gasteiger partial charge on any atom is -0.444 e. The van der Waals surface area contributed by atoms with Crippen molar-refractivity contribution in [2.45, 2.75) is 32.3 Å². The Balaban J connectivity index is 1.91. The van der Waals surface area contributed by atoms with Gasteiger partial charge in [-0.2, -0.15) is 0 Å². The standard InChI is InChI=1S/C21H21BN2O3/c1-5-14-17-10-12(23-19(22)25)6-8-15(17)16-9-7-13(11-18(14)16)24-20(26)27-21(2,3)4/h5-11,14H,1H2,2-4H3,(H,23,25)(H,24,26). The van der Waals surface area contributed by atoms with Crippen LogP contribution in [0.25, 0.3) is 11.1 Å². The van der Waals surface area contributed by atoms with Crippen molar-refractivity contribution in [1.82, 2.24) is 0 Å². The Hall–Kier alpha value is -3.02. The van der Waals surface area contributed by atoms with Gasteiger partial charge in [0.15, 0.2) is 5.81 Å². The number of allylic oxidation sites excluding steroid dienone is 1. The molecule has 2 amide bonds. The van der Waals surface area contributed by atoms with Crippen LogP contribution in [0.15, 0.2) is 49.1 Å². The van der Waals surface area contributed by atoms with Crippen molar-refractivity contribution in [2.24, 2.45) is 0 Å². The first-order valence-corrected chi connectivity index (χ1v) is 8.65. The van der Waals surface area contributed by atoms with Crippen LogP contribution in [0.1, 0.15) is 37.8 Å². The van der Waals surface area contributed by atoms with Gasteiger partial charge in [0.05, 0.1) is 0 Å². The third kappa shape index (κ3) is 4.05. The Kier molecular flexibility index (Phi) is 4.83. The molecule has 0 bridgehead atoms. The predicted octanol–water partition coefficient (Wildman–Crippen LogP) is 5.03. The van der Waals surface area contributed by atoms with E-state index in [1.165, 1.54) is 0 Å². The quantitative estimate of drug-likeness (QED) is 0.596. The second-order valence-electron chi connectivity index (χ2n) is 7.43. The fourth-order valence-corrected chi connectivity index (χ4v) is 3.27. The van der Waals surface area contributed by atoms with Gasteiger partial charge >= 0.3 is 6.09 Å². The van der Waals surface area contributed by atoms with E-state index in [-0.39, 0.29) is 5.92 Å². The highest BCUT2D eigenvalue weighted by Crippen LogP contribution is 2.47. The molecule has 1 aliphatic carbocycles. The van der Waals surface area contributed by atoms with Gasteiger partial charge in [-0.15, -0.1) is 6.58 Å². The Morgan fingerprint density at radius 1 is 1.04 bits per heavy atom. The third-order valence-electron chi connectivity index (χ3n) is 4.21. The van der Waals surface area contributed by atoms with E-state index in [2.05, 4.69) is 17.2 Å². The van der Waals surface area contributed by atoms with Crippen LogP contribution in [0.2, 0.25) is 0 Å². The molecule has 5 nitrogen and oxygen atoms in total. The van der Waals surface area contributed by atoms with Gasteiger partial charge in [-0.3, -0.25) is 10.1 Å².